The maximum absolute atomic E-state index is 12.9. The molecule has 1 aliphatic heterocycles. The van der Waals surface area contributed by atoms with E-state index in [2.05, 4.69) is 34.1 Å². The number of amides is 1. The minimum atomic E-state index is 0.0279. The van der Waals surface area contributed by atoms with Crippen LogP contribution in [-0.2, 0) is 6.54 Å². The van der Waals surface area contributed by atoms with E-state index in [9.17, 15) is 4.79 Å². The maximum Gasteiger partial charge on any atom is 0.274 e. The van der Waals surface area contributed by atoms with E-state index < -0.39 is 0 Å². The second kappa shape index (κ2) is 6.16. The summed E-state index contributed by atoms with van der Waals surface area (Å²) in [5.41, 5.74) is 3.94. The van der Waals surface area contributed by atoms with Gasteiger partial charge in [-0.3, -0.25) is 9.48 Å². The number of hydrogen-bond acceptors (Lipinski definition) is 2. The Bertz CT molecular complexity index is 923. The molecule has 1 saturated carbocycles. The van der Waals surface area contributed by atoms with E-state index in [1.54, 1.807) is 6.20 Å². The molecule has 0 saturated heterocycles. The number of nitrogens with one attached hydrogen (secondary N) is 1. The molecule has 5 rings (SSSR count). The van der Waals surface area contributed by atoms with Crippen LogP contribution in [0, 0.1) is 5.92 Å². The van der Waals surface area contributed by atoms with Crippen molar-refractivity contribution in [2.75, 3.05) is 11.4 Å². The molecular weight excluding hydrogens is 324 g/mol. The van der Waals surface area contributed by atoms with E-state index in [-0.39, 0.29) is 11.8 Å². The molecule has 0 radical (unpaired) electrons. The van der Waals surface area contributed by atoms with Gasteiger partial charge in [-0.25, -0.2) is 0 Å². The summed E-state index contributed by atoms with van der Waals surface area (Å²) in [5, 5.41) is 4.84. The zero-order valence-corrected chi connectivity index (χ0v) is 14.6. The fraction of sp³-hybridized carbons (Fsp3) is 0.333. The Hall–Kier alpha value is -2.82. The Morgan fingerprint density at radius 2 is 2.00 bits per heavy atom. The fourth-order valence-corrected chi connectivity index (χ4v) is 3.92. The summed E-state index contributed by atoms with van der Waals surface area (Å²) in [6.45, 7) is 1.74. The first-order valence-electron chi connectivity index (χ1n) is 9.37. The highest BCUT2D eigenvalue weighted by atomic mass is 16.2. The summed E-state index contributed by atoms with van der Waals surface area (Å²) < 4.78 is 2.09. The molecule has 3 heterocycles. The SMILES string of the molecule is O=C(c1ccc[nH]1)N1CC[C@H](c2ccn(CC3CC3)n2)c2ccccc21. The first-order valence-corrected chi connectivity index (χ1v) is 9.37. The molecule has 26 heavy (non-hydrogen) atoms. The summed E-state index contributed by atoms with van der Waals surface area (Å²) in [5.74, 6) is 1.09. The van der Waals surface area contributed by atoms with Crippen LogP contribution in [0.2, 0.25) is 0 Å². The van der Waals surface area contributed by atoms with E-state index in [0.717, 1.165) is 30.3 Å². The predicted molar refractivity (Wildman–Crippen MR) is 100 cm³/mol. The number of rotatable bonds is 4. The standard InChI is InChI=1S/C21H22N4O/c26-21(19-5-3-11-22-19)25-13-9-16(17-4-1-2-6-20(17)25)18-10-12-24(23-18)14-15-7-8-15/h1-6,10-12,15-16,22H,7-9,13-14H2/t16-/m0/s1. The first kappa shape index (κ1) is 15.4. The van der Waals surface area contributed by atoms with Gasteiger partial charge in [0.25, 0.3) is 5.91 Å². The summed E-state index contributed by atoms with van der Waals surface area (Å²) >= 11 is 0. The average molecular weight is 346 g/mol. The maximum atomic E-state index is 12.9. The van der Waals surface area contributed by atoms with Gasteiger partial charge in [0.1, 0.15) is 5.69 Å². The van der Waals surface area contributed by atoms with E-state index in [4.69, 9.17) is 5.10 Å². The first-order chi connectivity index (χ1) is 12.8. The van der Waals surface area contributed by atoms with Crippen LogP contribution in [0.25, 0.3) is 0 Å². The predicted octanol–water partition coefficient (Wildman–Crippen LogP) is 3.80. The third-order valence-corrected chi connectivity index (χ3v) is 5.48. The summed E-state index contributed by atoms with van der Waals surface area (Å²) in [6, 6.07) is 14.1. The quantitative estimate of drug-likeness (QED) is 0.781. The van der Waals surface area contributed by atoms with Gasteiger partial charge in [-0.1, -0.05) is 18.2 Å². The van der Waals surface area contributed by atoms with Gasteiger partial charge in [-0.05, 0) is 55.0 Å². The lowest BCUT2D eigenvalue weighted by molar-refractivity contribution is 0.0980. The molecule has 3 aromatic rings. The number of hydrogen-bond donors (Lipinski definition) is 1. The Morgan fingerprint density at radius 1 is 1.12 bits per heavy atom. The molecule has 2 aliphatic rings. The molecule has 1 aliphatic carbocycles. The normalized spacial score (nSPS) is 19.4. The molecule has 5 nitrogen and oxygen atoms in total. The monoisotopic (exact) mass is 346 g/mol. The lowest BCUT2D eigenvalue weighted by Crippen LogP contribution is -2.37. The van der Waals surface area contributed by atoms with Crippen molar-refractivity contribution in [2.45, 2.75) is 31.7 Å². The van der Waals surface area contributed by atoms with Crippen molar-refractivity contribution >= 4 is 11.6 Å². The summed E-state index contributed by atoms with van der Waals surface area (Å²) in [6.07, 6.45) is 7.45. The number of para-hydroxylation sites is 1. The number of nitrogens with zero attached hydrogens (tertiary/aromatic N) is 3. The number of fused-ring (bicyclic) bond motifs is 1. The van der Waals surface area contributed by atoms with Crippen LogP contribution in [0.15, 0.2) is 54.9 Å². The van der Waals surface area contributed by atoms with Gasteiger partial charge in [0, 0.05) is 37.1 Å². The molecule has 0 bridgehead atoms. The van der Waals surface area contributed by atoms with Crippen molar-refractivity contribution in [1.82, 2.24) is 14.8 Å². The second-order valence-corrected chi connectivity index (χ2v) is 7.35. The van der Waals surface area contributed by atoms with Crippen molar-refractivity contribution in [1.29, 1.82) is 0 Å². The van der Waals surface area contributed by atoms with Crippen LogP contribution in [0.1, 0.15) is 46.9 Å². The van der Waals surface area contributed by atoms with Gasteiger partial charge in [0.15, 0.2) is 0 Å². The third-order valence-electron chi connectivity index (χ3n) is 5.48. The Balaban J connectivity index is 1.46. The van der Waals surface area contributed by atoms with Gasteiger partial charge in [-0.2, -0.15) is 5.10 Å². The van der Waals surface area contributed by atoms with Crippen LogP contribution < -0.4 is 4.90 Å². The zero-order valence-electron chi connectivity index (χ0n) is 14.6. The van der Waals surface area contributed by atoms with Gasteiger partial charge in [0.05, 0.1) is 5.69 Å². The molecule has 5 heteroatoms. The van der Waals surface area contributed by atoms with Gasteiger partial charge >= 0.3 is 0 Å². The molecule has 1 aromatic carbocycles. The van der Waals surface area contributed by atoms with Crippen molar-refractivity contribution in [3.63, 3.8) is 0 Å². The molecule has 1 N–H and O–H groups in total. The zero-order chi connectivity index (χ0) is 17.5. The van der Waals surface area contributed by atoms with Crippen LogP contribution in [0.5, 0.6) is 0 Å². The highest BCUT2D eigenvalue weighted by Gasteiger charge is 2.31. The molecule has 0 spiro atoms. The third kappa shape index (κ3) is 2.73. The number of carbonyl (C=O) groups excluding carboxylic acids is 1. The Kier molecular flexibility index (Phi) is 3.66. The molecule has 1 amide bonds. The van der Waals surface area contributed by atoms with E-state index in [1.807, 2.05) is 29.2 Å². The summed E-state index contributed by atoms with van der Waals surface area (Å²) in [4.78, 5) is 17.8. The number of anilines is 1. The Morgan fingerprint density at radius 3 is 2.81 bits per heavy atom. The van der Waals surface area contributed by atoms with Crippen LogP contribution in [0.4, 0.5) is 5.69 Å². The second-order valence-electron chi connectivity index (χ2n) is 7.35. The minimum Gasteiger partial charge on any atom is -0.357 e. The number of carbonyl (C=O) groups is 1. The van der Waals surface area contributed by atoms with Gasteiger partial charge < -0.3 is 9.88 Å². The fourth-order valence-electron chi connectivity index (χ4n) is 3.92. The van der Waals surface area contributed by atoms with E-state index in [1.165, 1.54) is 18.4 Å². The lowest BCUT2D eigenvalue weighted by atomic mass is 9.87. The number of aromatic amines is 1. The number of benzene rings is 1. The smallest absolute Gasteiger partial charge is 0.274 e. The molecule has 1 fully saturated rings. The van der Waals surface area contributed by atoms with Crippen LogP contribution in [0.3, 0.4) is 0 Å². The Labute approximate surface area is 152 Å². The highest BCUT2D eigenvalue weighted by Crippen LogP contribution is 2.39. The van der Waals surface area contributed by atoms with Crippen LogP contribution >= 0.6 is 0 Å². The molecular formula is C21H22N4O. The van der Waals surface area contributed by atoms with Crippen LogP contribution in [-0.4, -0.2) is 27.2 Å². The van der Waals surface area contributed by atoms with Crippen molar-refractivity contribution < 1.29 is 4.79 Å². The van der Waals surface area contributed by atoms with Crippen molar-refractivity contribution in [3.05, 3.63) is 71.8 Å². The van der Waals surface area contributed by atoms with Gasteiger partial charge in [-0.15, -0.1) is 0 Å². The molecule has 132 valence electrons. The largest absolute Gasteiger partial charge is 0.357 e. The van der Waals surface area contributed by atoms with E-state index >= 15 is 0 Å². The van der Waals surface area contributed by atoms with Crippen molar-refractivity contribution in [3.8, 4) is 0 Å². The molecule has 1 atom stereocenters. The highest BCUT2D eigenvalue weighted by molar-refractivity contribution is 6.05. The molecule has 2 aromatic heterocycles. The van der Waals surface area contributed by atoms with Crippen molar-refractivity contribution in [2.24, 2.45) is 5.92 Å². The van der Waals surface area contributed by atoms with Gasteiger partial charge in [0.2, 0.25) is 0 Å². The minimum absolute atomic E-state index is 0.0279. The number of H-pyrrole nitrogens is 1. The molecule has 0 unspecified atom stereocenters. The van der Waals surface area contributed by atoms with E-state index in [0.29, 0.717) is 12.2 Å². The summed E-state index contributed by atoms with van der Waals surface area (Å²) in [7, 11) is 0. The average Bonchev–Trinajstić information content (AvgIpc) is 3.12. The lowest BCUT2D eigenvalue weighted by Gasteiger charge is -2.33. The topological polar surface area (TPSA) is 53.9 Å². The number of aromatic nitrogens is 3.